The Morgan fingerprint density at radius 1 is 0.903 bits per heavy atom. The van der Waals surface area contributed by atoms with Gasteiger partial charge in [0.05, 0.1) is 10.2 Å². The normalized spacial score (nSPS) is 11.1. The second-order valence-corrected chi connectivity index (χ2v) is 8.15. The first-order valence-corrected chi connectivity index (χ1v) is 10.7. The topological polar surface area (TPSA) is 61.6 Å². The number of nitrogens with zero attached hydrogens (tertiary/aromatic N) is 1. The molecule has 5 rings (SSSR count). The van der Waals surface area contributed by atoms with E-state index in [4.69, 9.17) is 13.9 Å². The minimum Gasteiger partial charge on any atom is -0.490 e. The standard InChI is InChI=1S/C25H19NO4S/c1-16-14-24(27)30-22-15-19(10-11-20(16)22)29-13-12-28-18-8-6-17(7-9-18)25-26-21-4-2-3-5-23(21)31-25/h2-11,14-15H,12-13H2,1H3. The van der Waals surface area contributed by atoms with Crippen LogP contribution in [0.5, 0.6) is 11.5 Å². The van der Waals surface area contributed by atoms with Gasteiger partial charge in [0, 0.05) is 23.1 Å². The van der Waals surface area contributed by atoms with Crippen molar-refractivity contribution in [2.24, 2.45) is 0 Å². The Labute approximate surface area is 182 Å². The van der Waals surface area contributed by atoms with Crippen molar-refractivity contribution in [1.29, 1.82) is 0 Å². The summed E-state index contributed by atoms with van der Waals surface area (Å²) < 4.78 is 18.0. The average Bonchev–Trinajstić information content (AvgIpc) is 3.21. The number of benzene rings is 3. The Kier molecular flexibility index (Phi) is 5.14. The monoisotopic (exact) mass is 429 g/mol. The van der Waals surface area contributed by atoms with Gasteiger partial charge in [-0.05, 0) is 61.0 Å². The van der Waals surface area contributed by atoms with Gasteiger partial charge in [0.15, 0.2) is 0 Å². The molecule has 0 spiro atoms. The largest absolute Gasteiger partial charge is 0.490 e. The average molecular weight is 429 g/mol. The molecule has 0 saturated heterocycles. The molecule has 31 heavy (non-hydrogen) atoms. The molecule has 0 N–H and O–H groups in total. The van der Waals surface area contributed by atoms with E-state index in [1.165, 1.54) is 10.8 Å². The fourth-order valence-corrected chi connectivity index (χ4v) is 4.37. The molecule has 5 nitrogen and oxygen atoms in total. The predicted molar refractivity (Wildman–Crippen MR) is 123 cm³/mol. The van der Waals surface area contributed by atoms with Crippen molar-refractivity contribution in [3.8, 4) is 22.1 Å². The number of aromatic nitrogens is 1. The zero-order chi connectivity index (χ0) is 21.2. The smallest absolute Gasteiger partial charge is 0.336 e. The van der Waals surface area contributed by atoms with E-state index >= 15 is 0 Å². The van der Waals surface area contributed by atoms with Crippen LogP contribution in [0.4, 0.5) is 0 Å². The fourth-order valence-electron chi connectivity index (χ4n) is 3.40. The molecule has 0 bridgehead atoms. The summed E-state index contributed by atoms with van der Waals surface area (Å²) in [5, 5.41) is 1.89. The summed E-state index contributed by atoms with van der Waals surface area (Å²) in [4.78, 5) is 16.2. The van der Waals surface area contributed by atoms with E-state index in [0.29, 0.717) is 24.5 Å². The van der Waals surface area contributed by atoms with E-state index in [9.17, 15) is 4.79 Å². The van der Waals surface area contributed by atoms with Crippen LogP contribution >= 0.6 is 11.3 Å². The fraction of sp³-hybridized carbons (Fsp3) is 0.120. The van der Waals surface area contributed by atoms with E-state index in [0.717, 1.165) is 32.8 Å². The van der Waals surface area contributed by atoms with Gasteiger partial charge in [-0.25, -0.2) is 9.78 Å². The lowest BCUT2D eigenvalue weighted by Gasteiger charge is -2.09. The predicted octanol–water partition coefficient (Wildman–Crippen LogP) is 5.84. The van der Waals surface area contributed by atoms with Crippen LogP contribution in [0.15, 0.2) is 82.0 Å². The van der Waals surface area contributed by atoms with E-state index in [2.05, 4.69) is 11.1 Å². The lowest BCUT2D eigenvalue weighted by atomic mass is 10.1. The van der Waals surface area contributed by atoms with Gasteiger partial charge in [-0.15, -0.1) is 11.3 Å². The minimum atomic E-state index is -0.361. The van der Waals surface area contributed by atoms with E-state index < -0.39 is 0 Å². The van der Waals surface area contributed by atoms with Gasteiger partial charge in [0.2, 0.25) is 0 Å². The van der Waals surface area contributed by atoms with Gasteiger partial charge in [-0.3, -0.25) is 0 Å². The minimum absolute atomic E-state index is 0.361. The Morgan fingerprint density at radius 2 is 1.65 bits per heavy atom. The molecule has 0 saturated carbocycles. The molecule has 0 aliphatic carbocycles. The molecule has 2 heterocycles. The van der Waals surface area contributed by atoms with Crippen molar-refractivity contribution < 1.29 is 13.9 Å². The molecular formula is C25H19NO4S. The highest BCUT2D eigenvalue weighted by Gasteiger charge is 2.07. The van der Waals surface area contributed by atoms with Crippen LogP contribution in [0, 0.1) is 6.92 Å². The van der Waals surface area contributed by atoms with E-state index in [1.807, 2.05) is 61.5 Å². The molecule has 6 heteroatoms. The second kappa shape index (κ2) is 8.24. The summed E-state index contributed by atoms with van der Waals surface area (Å²) in [5.74, 6) is 1.41. The summed E-state index contributed by atoms with van der Waals surface area (Å²) in [6.45, 7) is 2.66. The van der Waals surface area contributed by atoms with Crippen molar-refractivity contribution in [2.75, 3.05) is 13.2 Å². The zero-order valence-corrected chi connectivity index (χ0v) is 17.6. The third-order valence-electron chi connectivity index (χ3n) is 4.94. The molecule has 5 aromatic rings. The van der Waals surface area contributed by atoms with Crippen molar-refractivity contribution in [3.05, 3.63) is 88.8 Å². The molecule has 3 aromatic carbocycles. The highest BCUT2D eigenvalue weighted by molar-refractivity contribution is 7.21. The number of fused-ring (bicyclic) bond motifs is 2. The third kappa shape index (κ3) is 4.15. The highest BCUT2D eigenvalue weighted by atomic mass is 32.1. The van der Waals surface area contributed by atoms with E-state index in [1.54, 1.807) is 17.4 Å². The maximum atomic E-state index is 11.6. The lowest BCUT2D eigenvalue weighted by Crippen LogP contribution is -2.09. The number of hydrogen-bond donors (Lipinski definition) is 0. The number of rotatable bonds is 6. The van der Waals surface area contributed by atoms with Gasteiger partial charge >= 0.3 is 5.63 Å². The molecule has 0 unspecified atom stereocenters. The zero-order valence-electron chi connectivity index (χ0n) is 16.8. The molecule has 0 radical (unpaired) electrons. The summed E-state index contributed by atoms with van der Waals surface area (Å²) in [6, 6.07) is 23.0. The summed E-state index contributed by atoms with van der Waals surface area (Å²) in [5.41, 5.74) is 3.13. The summed E-state index contributed by atoms with van der Waals surface area (Å²) in [6.07, 6.45) is 0. The maximum Gasteiger partial charge on any atom is 0.336 e. The second-order valence-electron chi connectivity index (χ2n) is 7.11. The molecule has 0 fully saturated rings. The summed E-state index contributed by atoms with van der Waals surface area (Å²) >= 11 is 1.68. The van der Waals surface area contributed by atoms with Crippen LogP contribution in [0.25, 0.3) is 31.8 Å². The number of thiazole rings is 1. The van der Waals surface area contributed by atoms with Gasteiger partial charge in [0.25, 0.3) is 0 Å². The number of aryl methyl sites for hydroxylation is 1. The van der Waals surface area contributed by atoms with Crippen molar-refractivity contribution in [2.45, 2.75) is 6.92 Å². The Balaban J connectivity index is 1.19. The van der Waals surface area contributed by atoms with E-state index in [-0.39, 0.29) is 5.63 Å². The Hall–Kier alpha value is -3.64. The molecular weight excluding hydrogens is 410 g/mol. The van der Waals surface area contributed by atoms with Crippen LogP contribution in [-0.2, 0) is 0 Å². The summed E-state index contributed by atoms with van der Waals surface area (Å²) in [7, 11) is 0. The van der Waals surface area contributed by atoms with Gasteiger partial charge < -0.3 is 13.9 Å². The van der Waals surface area contributed by atoms with Crippen LogP contribution < -0.4 is 15.1 Å². The molecule has 0 aliphatic heterocycles. The maximum absolute atomic E-state index is 11.6. The Morgan fingerprint density at radius 3 is 2.45 bits per heavy atom. The first-order chi connectivity index (χ1) is 15.2. The van der Waals surface area contributed by atoms with Crippen molar-refractivity contribution >= 4 is 32.5 Å². The molecule has 154 valence electrons. The van der Waals surface area contributed by atoms with Crippen molar-refractivity contribution in [1.82, 2.24) is 4.98 Å². The third-order valence-corrected chi connectivity index (χ3v) is 6.02. The molecule has 0 atom stereocenters. The molecule has 0 amide bonds. The van der Waals surface area contributed by atoms with Crippen LogP contribution in [0.3, 0.4) is 0 Å². The number of para-hydroxylation sites is 1. The van der Waals surface area contributed by atoms with Gasteiger partial charge in [-0.2, -0.15) is 0 Å². The van der Waals surface area contributed by atoms with Crippen LogP contribution in [0.2, 0.25) is 0 Å². The first-order valence-electron chi connectivity index (χ1n) is 9.92. The Bertz CT molecular complexity index is 1390. The SMILES string of the molecule is Cc1cc(=O)oc2cc(OCCOc3ccc(-c4nc5ccccc5s4)cc3)ccc12. The molecule has 2 aromatic heterocycles. The van der Waals surface area contributed by atoms with Gasteiger partial charge in [-0.1, -0.05) is 12.1 Å². The van der Waals surface area contributed by atoms with Gasteiger partial charge in [0.1, 0.15) is 35.3 Å². The van der Waals surface area contributed by atoms with Crippen LogP contribution in [0.1, 0.15) is 5.56 Å². The molecule has 0 aliphatic rings. The van der Waals surface area contributed by atoms with Crippen molar-refractivity contribution in [3.63, 3.8) is 0 Å². The lowest BCUT2D eigenvalue weighted by molar-refractivity contribution is 0.217. The number of ether oxygens (including phenoxy) is 2. The number of hydrogen-bond acceptors (Lipinski definition) is 6. The first kappa shape index (κ1) is 19.3. The highest BCUT2D eigenvalue weighted by Crippen LogP contribution is 2.31. The van der Waals surface area contributed by atoms with Crippen LogP contribution in [-0.4, -0.2) is 18.2 Å². The quantitative estimate of drug-likeness (QED) is 0.251.